The molecule has 0 unspecified atom stereocenters. The van der Waals surface area contributed by atoms with Gasteiger partial charge in [-0.3, -0.25) is 14.7 Å². The molecular weight excluding hydrogens is 449 g/mol. The van der Waals surface area contributed by atoms with Gasteiger partial charge in [0.2, 0.25) is 0 Å². The number of rotatable bonds is 6. The third-order valence-electron chi connectivity index (χ3n) is 4.93. The summed E-state index contributed by atoms with van der Waals surface area (Å²) in [6, 6.07) is 14.2. The first-order valence-corrected chi connectivity index (χ1v) is 12.2. The Bertz CT molecular complexity index is 1390. The number of halogens is 1. The summed E-state index contributed by atoms with van der Waals surface area (Å²) in [6.45, 7) is 3.33. The summed E-state index contributed by atoms with van der Waals surface area (Å²) in [5.41, 5.74) is 1.15. The first-order chi connectivity index (χ1) is 15.3. The van der Waals surface area contributed by atoms with Gasteiger partial charge in [0.05, 0.1) is 21.4 Å². The van der Waals surface area contributed by atoms with Gasteiger partial charge in [0, 0.05) is 18.0 Å². The second-order valence-corrected chi connectivity index (χ2v) is 11.0. The van der Waals surface area contributed by atoms with Crippen LogP contribution in [0.15, 0.2) is 71.9 Å². The van der Waals surface area contributed by atoms with Crippen LogP contribution in [0, 0.1) is 5.82 Å². The van der Waals surface area contributed by atoms with Crippen molar-refractivity contribution in [2.45, 2.75) is 30.5 Å². The van der Waals surface area contributed by atoms with E-state index >= 15 is 0 Å². The molecular formula is C23H20FN3O3S2. The smallest absolute Gasteiger partial charge is 0.260 e. The lowest BCUT2D eigenvalue weighted by molar-refractivity contribution is 0.0985. The average Bonchev–Trinajstić information content (AvgIpc) is 3.23. The minimum absolute atomic E-state index is 0.0787. The molecule has 0 bridgehead atoms. The van der Waals surface area contributed by atoms with Gasteiger partial charge in [0.25, 0.3) is 5.91 Å². The molecule has 2 heterocycles. The van der Waals surface area contributed by atoms with Crippen LogP contribution in [0.2, 0.25) is 0 Å². The summed E-state index contributed by atoms with van der Waals surface area (Å²) >= 11 is 1.19. The Morgan fingerprint density at radius 3 is 2.59 bits per heavy atom. The zero-order valence-corrected chi connectivity index (χ0v) is 19.0. The Labute approximate surface area is 189 Å². The number of pyridine rings is 1. The number of fused-ring (bicyclic) bond motifs is 1. The molecule has 9 heteroatoms. The molecule has 0 fully saturated rings. The summed E-state index contributed by atoms with van der Waals surface area (Å²) in [4.78, 5) is 23.5. The molecule has 0 N–H and O–H groups in total. The van der Waals surface area contributed by atoms with Crippen molar-refractivity contribution in [1.29, 1.82) is 0 Å². The summed E-state index contributed by atoms with van der Waals surface area (Å²) in [5, 5.41) is -0.303. The van der Waals surface area contributed by atoms with E-state index in [0.29, 0.717) is 9.83 Å². The quantitative estimate of drug-likeness (QED) is 0.403. The molecule has 4 aromatic rings. The molecule has 1 amide bonds. The van der Waals surface area contributed by atoms with E-state index in [-0.39, 0.29) is 22.5 Å². The van der Waals surface area contributed by atoms with Gasteiger partial charge in [-0.1, -0.05) is 29.5 Å². The highest BCUT2D eigenvalue weighted by Gasteiger charge is 2.25. The van der Waals surface area contributed by atoms with Gasteiger partial charge >= 0.3 is 0 Å². The Morgan fingerprint density at radius 1 is 1.12 bits per heavy atom. The van der Waals surface area contributed by atoms with Gasteiger partial charge in [0.15, 0.2) is 15.0 Å². The number of amides is 1. The number of anilines is 1. The minimum Gasteiger partial charge on any atom is -0.279 e. The molecule has 164 valence electrons. The Balaban J connectivity index is 1.79. The van der Waals surface area contributed by atoms with E-state index in [1.54, 1.807) is 56.6 Å². The van der Waals surface area contributed by atoms with E-state index < -0.39 is 26.8 Å². The van der Waals surface area contributed by atoms with Crippen LogP contribution >= 0.6 is 11.3 Å². The number of para-hydroxylation sites is 1. The summed E-state index contributed by atoms with van der Waals surface area (Å²) in [6.07, 6.45) is 3.26. The van der Waals surface area contributed by atoms with Crippen LogP contribution in [0.25, 0.3) is 10.2 Å². The van der Waals surface area contributed by atoms with Gasteiger partial charge in [-0.25, -0.2) is 17.8 Å². The number of carbonyl (C=O) groups excluding carboxylic acids is 1. The molecule has 0 aliphatic heterocycles. The predicted molar refractivity (Wildman–Crippen MR) is 123 cm³/mol. The zero-order valence-electron chi connectivity index (χ0n) is 17.4. The van der Waals surface area contributed by atoms with Gasteiger partial charge < -0.3 is 0 Å². The number of hydrogen-bond donors (Lipinski definition) is 0. The fraction of sp³-hybridized carbons (Fsp3) is 0.174. The standard InChI is InChI=1S/C23H20FN3O3S2/c1-15(2)32(29,30)18-8-3-7-17(12-18)22(28)27(14-16-6-5-11-25-13-16)23-26-21-19(24)9-4-10-20(21)31-23/h3-13,15H,14H2,1-2H3. The molecule has 0 saturated heterocycles. The normalized spacial score (nSPS) is 11.8. The summed E-state index contributed by atoms with van der Waals surface area (Å²) in [5.74, 6) is -0.905. The Kier molecular flexibility index (Phi) is 6.03. The molecule has 4 rings (SSSR count). The number of benzene rings is 2. The molecule has 0 aliphatic carbocycles. The first-order valence-electron chi connectivity index (χ1n) is 9.87. The lowest BCUT2D eigenvalue weighted by atomic mass is 10.2. The second-order valence-electron chi connectivity index (χ2n) is 7.46. The van der Waals surface area contributed by atoms with Crippen LogP contribution < -0.4 is 4.90 Å². The third kappa shape index (κ3) is 4.26. The van der Waals surface area contributed by atoms with Crippen molar-refractivity contribution in [1.82, 2.24) is 9.97 Å². The molecule has 6 nitrogen and oxygen atoms in total. The molecule has 0 saturated carbocycles. The maximum atomic E-state index is 14.2. The third-order valence-corrected chi connectivity index (χ3v) is 8.12. The Hall–Kier alpha value is -3.17. The van der Waals surface area contributed by atoms with Gasteiger partial charge in [-0.2, -0.15) is 0 Å². The lowest BCUT2D eigenvalue weighted by Gasteiger charge is -2.20. The van der Waals surface area contributed by atoms with Crippen molar-refractivity contribution >= 4 is 42.4 Å². The van der Waals surface area contributed by atoms with Gasteiger partial charge in [-0.15, -0.1) is 0 Å². The van der Waals surface area contributed by atoms with E-state index in [1.165, 1.54) is 34.4 Å². The SMILES string of the molecule is CC(C)S(=O)(=O)c1cccc(C(=O)N(Cc2cccnc2)c2nc3c(F)cccc3s2)c1. The largest absolute Gasteiger partial charge is 0.279 e. The molecule has 32 heavy (non-hydrogen) atoms. The highest BCUT2D eigenvalue weighted by molar-refractivity contribution is 7.92. The van der Waals surface area contributed by atoms with Crippen molar-refractivity contribution < 1.29 is 17.6 Å². The van der Waals surface area contributed by atoms with E-state index in [2.05, 4.69) is 9.97 Å². The maximum absolute atomic E-state index is 14.2. The second kappa shape index (κ2) is 8.76. The summed E-state index contributed by atoms with van der Waals surface area (Å²) in [7, 11) is -3.55. The van der Waals surface area contributed by atoms with E-state index in [9.17, 15) is 17.6 Å². The number of aromatic nitrogens is 2. The predicted octanol–water partition coefficient (Wildman–Crippen LogP) is 4.86. The van der Waals surface area contributed by atoms with Crippen molar-refractivity contribution in [2.75, 3.05) is 4.90 Å². The topological polar surface area (TPSA) is 80.2 Å². The lowest BCUT2D eigenvalue weighted by Crippen LogP contribution is -2.30. The van der Waals surface area contributed by atoms with Crippen LogP contribution in [0.3, 0.4) is 0 Å². The van der Waals surface area contributed by atoms with E-state index in [0.717, 1.165) is 5.56 Å². The van der Waals surface area contributed by atoms with Crippen molar-refractivity contribution in [3.63, 3.8) is 0 Å². The van der Waals surface area contributed by atoms with E-state index in [1.807, 2.05) is 6.07 Å². The van der Waals surface area contributed by atoms with E-state index in [4.69, 9.17) is 0 Å². The van der Waals surface area contributed by atoms with Crippen LogP contribution in [0.4, 0.5) is 9.52 Å². The molecule has 0 spiro atoms. The van der Waals surface area contributed by atoms with Crippen molar-refractivity contribution in [3.8, 4) is 0 Å². The van der Waals surface area contributed by atoms with Crippen LogP contribution in [0.1, 0.15) is 29.8 Å². The number of sulfone groups is 1. The number of thiazole rings is 1. The van der Waals surface area contributed by atoms with Crippen molar-refractivity contribution in [2.24, 2.45) is 0 Å². The number of carbonyl (C=O) groups is 1. The first kappa shape index (κ1) is 22.0. The van der Waals surface area contributed by atoms with Crippen LogP contribution in [-0.2, 0) is 16.4 Å². The Morgan fingerprint density at radius 2 is 1.91 bits per heavy atom. The highest BCUT2D eigenvalue weighted by Crippen LogP contribution is 2.32. The fourth-order valence-electron chi connectivity index (χ4n) is 3.15. The molecule has 0 atom stereocenters. The van der Waals surface area contributed by atoms with Crippen LogP contribution in [-0.4, -0.2) is 29.5 Å². The number of nitrogens with zero attached hydrogens (tertiary/aromatic N) is 3. The average molecular weight is 470 g/mol. The number of hydrogen-bond acceptors (Lipinski definition) is 6. The monoisotopic (exact) mass is 469 g/mol. The molecule has 0 aliphatic rings. The van der Waals surface area contributed by atoms with Gasteiger partial charge in [-0.05, 0) is 55.8 Å². The molecule has 0 radical (unpaired) electrons. The zero-order chi connectivity index (χ0) is 22.9. The van der Waals surface area contributed by atoms with Crippen LogP contribution in [0.5, 0.6) is 0 Å². The summed E-state index contributed by atoms with van der Waals surface area (Å²) < 4.78 is 40.1. The maximum Gasteiger partial charge on any atom is 0.260 e. The van der Waals surface area contributed by atoms with Crippen molar-refractivity contribution in [3.05, 3.63) is 83.9 Å². The fourth-order valence-corrected chi connectivity index (χ4v) is 5.23. The molecule has 2 aromatic heterocycles. The minimum atomic E-state index is -3.55. The van der Waals surface area contributed by atoms with Gasteiger partial charge in [0.1, 0.15) is 11.3 Å². The highest BCUT2D eigenvalue weighted by atomic mass is 32.2. The molecule has 2 aromatic carbocycles.